The van der Waals surface area contributed by atoms with Gasteiger partial charge in [-0.1, -0.05) is 21.4 Å². The Bertz CT molecular complexity index is 643. The molecule has 0 bridgehead atoms. The van der Waals surface area contributed by atoms with Crippen LogP contribution in [0.25, 0.3) is 0 Å². The Labute approximate surface area is 113 Å². The lowest BCUT2D eigenvalue weighted by molar-refractivity contribution is 0.102. The van der Waals surface area contributed by atoms with Gasteiger partial charge in [-0.05, 0) is 35.9 Å². The first-order valence-electron chi connectivity index (χ1n) is 5.37. The molecule has 96 valence electrons. The van der Waals surface area contributed by atoms with E-state index >= 15 is 0 Å². The molecule has 1 aromatic heterocycles. The van der Waals surface area contributed by atoms with Crippen LogP contribution in [-0.2, 0) is 0 Å². The molecule has 0 saturated heterocycles. The van der Waals surface area contributed by atoms with Crippen molar-refractivity contribution in [3.8, 4) is 11.8 Å². The average molecular weight is 274 g/mol. The predicted molar refractivity (Wildman–Crippen MR) is 70.8 cm³/mol. The van der Waals surface area contributed by atoms with E-state index in [0.717, 1.165) is 22.7 Å². The molecule has 1 amide bonds. The number of carbonyl (C=O) groups is 1. The molecule has 1 heterocycles. The Morgan fingerprint density at radius 3 is 3.00 bits per heavy atom. The fraction of sp³-hybridized carbons (Fsp3) is 0.167. The van der Waals surface area contributed by atoms with Gasteiger partial charge in [0.1, 0.15) is 6.61 Å². The van der Waals surface area contributed by atoms with Crippen LogP contribution >= 0.6 is 11.5 Å². The van der Waals surface area contributed by atoms with Gasteiger partial charge in [0.2, 0.25) is 5.13 Å². The SMILES string of the molecule is Cc1cc(C(=O)Nc2nnns2)ccc1C#CCO. The summed E-state index contributed by atoms with van der Waals surface area (Å²) < 4.78 is 3.56. The number of nitrogens with one attached hydrogen (secondary N) is 1. The van der Waals surface area contributed by atoms with Crippen LogP contribution in [-0.4, -0.2) is 32.4 Å². The molecule has 19 heavy (non-hydrogen) atoms. The molecule has 7 heteroatoms. The van der Waals surface area contributed by atoms with Crippen LogP contribution in [0.5, 0.6) is 0 Å². The number of carbonyl (C=O) groups excluding carboxylic acids is 1. The smallest absolute Gasteiger partial charge is 0.257 e. The zero-order chi connectivity index (χ0) is 13.7. The number of aryl methyl sites for hydroxylation is 1. The van der Waals surface area contributed by atoms with Gasteiger partial charge in [0.25, 0.3) is 5.91 Å². The van der Waals surface area contributed by atoms with Crippen molar-refractivity contribution in [2.75, 3.05) is 11.9 Å². The molecule has 2 rings (SSSR count). The standard InChI is InChI=1S/C12H10N4O2S/c1-8-7-10(5-4-9(8)3-2-6-17)11(18)13-12-14-15-16-19-12/h4-5,7,17H,6H2,1H3,(H,13,14,16,18). The van der Waals surface area contributed by atoms with Crippen LogP contribution in [0.3, 0.4) is 0 Å². The predicted octanol–water partition coefficient (Wildman–Crippen LogP) is 0.838. The summed E-state index contributed by atoms with van der Waals surface area (Å²) in [6, 6.07) is 5.13. The maximum absolute atomic E-state index is 11.9. The molecule has 0 unspecified atom stereocenters. The zero-order valence-corrected chi connectivity index (χ0v) is 10.9. The minimum Gasteiger partial charge on any atom is -0.384 e. The topological polar surface area (TPSA) is 88.0 Å². The molecular weight excluding hydrogens is 264 g/mol. The quantitative estimate of drug-likeness (QED) is 0.792. The van der Waals surface area contributed by atoms with Gasteiger partial charge in [0.15, 0.2) is 0 Å². The van der Waals surface area contributed by atoms with Crippen molar-refractivity contribution in [1.82, 2.24) is 14.8 Å². The van der Waals surface area contributed by atoms with Gasteiger partial charge in [0.05, 0.1) is 0 Å². The molecule has 0 aliphatic rings. The average Bonchev–Trinajstić information content (AvgIpc) is 2.90. The summed E-state index contributed by atoms with van der Waals surface area (Å²) in [5.41, 5.74) is 2.15. The number of aliphatic hydroxyl groups is 1. The Morgan fingerprint density at radius 2 is 2.37 bits per heavy atom. The summed E-state index contributed by atoms with van der Waals surface area (Å²) in [5, 5.41) is 18.6. The largest absolute Gasteiger partial charge is 0.384 e. The third-order valence-electron chi connectivity index (χ3n) is 2.31. The molecule has 2 N–H and O–H groups in total. The molecule has 0 saturated carbocycles. The lowest BCUT2D eigenvalue weighted by Crippen LogP contribution is -2.12. The highest BCUT2D eigenvalue weighted by Gasteiger charge is 2.09. The van der Waals surface area contributed by atoms with E-state index in [4.69, 9.17) is 5.11 Å². The minimum atomic E-state index is -0.275. The summed E-state index contributed by atoms with van der Waals surface area (Å²) in [4.78, 5) is 11.9. The molecule has 0 atom stereocenters. The van der Waals surface area contributed by atoms with E-state index < -0.39 is 0 Å². The maximum Gasteiger partial charge on any atom is 0.257 e. The number of hydrogen-bond acceptors (Lipinski definition) is 6. The van der Waals surface area contributed by atoms with E-state index in [1.165, 1.54) is 0 Å². The molecule has 2 aromatic rings. The summed E-state index contributed by atoms with van der Waals surface area (Å²) in [6.45, 7) is 1.66. The minimum absolute atomic E-state index is 0.189. The molecule has 0 fully saturated rings. The number of aromatic nitrogens is 3. The number of amides is 1. The van der Waals surface area contributed by atoms with Crippen LogP contribution in [0.4, 0.5) is 5.13 Å². The van der Waals surface area contributed by atoms with E-state index in [-0.39, 0.29) is 12.5 Å². The monoisotopic (exact) mass is 274 g/mol. The second-order valence-electron chi connectivity index (χ2n) is 3.61. The van der Waals surface area contributed by atoms with Crippen LogP contribution in [0.1, 0.15) is 21.5 Å². The van der Waals surface area contributed by atoms with Gasteiger partial charge in [0, 0.05) is 22.7 Å². The Kier molecular flexibility index (Phi) is 4.18. The first-order chi connectivity index (χ1) is 9.20. The highest BCUT2D eigenvalue weighted by molar-refractivity contribution is 7.09. The zero-order valence-electron chi connectivity index (χ0n) is 10.0. The lowest BCUT2D eigenvalue weighted by Gasteiger charge is -2.03. The van der Waals surface area contributed by atoms with E-state index in [9.17, 15) is 4.79 Å². The van der Waals surface area contributed by atoms with Crippen LogP contribution in [0.15, 0.2) is 18.2 Å². The first-order valence-corrected chi connectivity index (χ1v) is 6.15. The number of aliphatic hydroxyl groups excluding tert-OH is 1. The number of hydrogen-bond donors (Lipinski definition) is 2. The molecule has 0 aliphatic heterocycles. The van der Waals surface area contributed by atoms with Crippen LogP contribution in [0.2, 0.25) is 0 Å². The molecule has 1 aromatic carbocycles. The van der Waals surface area contributed by atoms with Crippen molar-refractivity contribution >= 4 is 22.6 Å². The van der Waals surface area contributed by atoms with E-state index in [0.29, 0.717) is 10.7 Å². The number of benzene rings is 1. The molecular formula is C12H10N4O2S. The van der Waals surface area contributed by atoms with Crippen molar-refractivity contribution in [3.63, 3.8) is 0 Å². The first kappa shape index (κ1) is 13.1. The van der Waals surface area contributed by atoms with Gasteiger partial charge in [-0.15, -0.1) is 0 Å². The highest BCUT2D eigenvalue weighted by Crippen LogP contribution is 2.13. The van der Waals surface area contributed by atoms with Crippen molar-refractivity contribution in [1.29, 1.82) is 0 Å². The van der Waals surface area contributed by atoms with E-state index in [1.807, 2.05) is 6.92 Å². The second-order valence-corrected chi connectivity index (χ2v) is 4.34. The van der Waals surface area contributed by atoms with Crippen molar-refractivity contribution in [2.24, 2.45) is 0 Å². The normalized spacial score (nSPS) is 9.58. The molecule has 0 aliphatic carbocycles. The van der Waals surface area contributed by atoms with Gasteiger partial charge in [-0.2, -0.15) is 0 Å². The molecule has 0 radical (unpaired) electrons. The maximum atomic E-state index is 11.9. The Balaban J connectivity index is 2.17. The van der Waals surface area contributed by atoms with Crippen molar-refractivity contribution in [3.05, 3.63) is 34.9 Å². The third kappa shape index (κ3) is 3.34. The van der Waals surface area contributed by atoms with Gasteiger partial charge in [-0.25, -0.2) is 0 Å². The molecule has 0 spiro atoms. The Morgan fingerprint density at radius 1 is 1.53 bits per heavy atom. The van der Waals surface area contributed by atoms with Crippen molar-refractivity contribution < 1.29 is 9.90 Å². The summed E-state index contributed by atoms with van der Waals surface area (Å²) >= 11 is 1.01. The third-order valence-corrected chi connectivity index (χ3v) is 2.82. The van der Waals surface area contributed by atoms with E-state index in [1.54, 1.807) is 18.2 Å². The fourth-order valence-electron chi connectivity index (χ4n) is 1.43. The lowest BCUT2D eigenvalue weighted by atomic mass is 10.1. The fourth-order valence-corrected chi connectivity index (χ4v) is 1.79. The second kappa shape index (κ2) is 6.04. The number of rotatable bonds is 2. The molecule has 6 nitrogen and oxygen atoms in total. The van der Waals surface area contributed by atoms with Gasteiger partial charge < -0.3 is 5.11 Å². The van der Waals surface area contributed by atoms with Gasteiger partial charge in [-0.3, -0.25) is 10.1 Å². The summed E-state index contributed by atoms with van der Waals surface area (Å²) in [7, 11) is 0. The van der Waals surface area contributed by atoms with Crippen LogP contribution in [0, 0.1) is 18.8 Å². The highest BCUT2D eigenvalue weighted by atomic mass is 32.1. The van der Waals surface area contributed by atoms with Gasteiger partial charge >= 0.3 is 0 Å². The summed E-state index contributed by atoms with van der Waals surface area (Å²) in [6.07, 6.45) is 0. The summed E-state index contributed by atoms with van der Waals surface area (Å²) in [5.74, 6) is 5.11. The van der Waals surface area contributed by atoms with Crippen molar-refractivity contribution in [2.45, 2.75) is 6.92 Å². The van der Waals surface area contributed by atoms with E-state index in [2.05, 4.69) is 32.0 Å². The Hall–Kier alpha value is -2.30. The number of nitrogens with zero attached hydrogens (tertiary/aromatic N) is 3. The van der Waals surface area contributed by atoms with Crippen LogP contribution < -0.4 is 5.32 Å². The number of anilines is 1.